The van der Waals surface area contributed by atoms with Crippen molar-refractivity contribution in [2.45, 2.75) is 38.3 Å². The van der Waals surface area contributed by atoms with Gasteiger partial charge in [0.05, 0.1) is 6.42 Å². The lowest BCUT2D eigenvalue weighted by Gasteiger charge is -2.30. The summed E-state index contributed by atoms with van der Waals surface area (Å²) in [6, 6.07) is 3.88. The molecule has 1 aliphatic heterocycles. The Hall–Kier alpha value is -1.49. The van der Waals surface area contributed by atoms with Crippen LogP contribution in [0.15, 0.2) is 18.2 Å². The van der Waals surface area contributed by atoms with Crippen molar-refractivity contribution in [1.82, 2.24) is 10.6 Å². The summed E-state index contributed by atoms with van der Waals surface area (Å²) in [6.45, 7) is 3.00. The number of hydrogen-bond acceptors (Lipinski definition) is 2. The van der Waals surface area contributed by atoms with Crippen molar-refractivity contribution < 1.29 is 13.6 Å². The molecule has 0 bridgehead atoms. The van der Waals surface area contributed by atoms with Crippen LogP contribution >= 0.6 is 0 Å². The fourth-order valence-corrected chi connectivity index (χ4v) is 2.33. The van der Waals surface area contributed by atoms with Crippen LogP contribution in [0.25, 0.3) is 0 Å². The predicted octanol–water partition coefficient (Wildman–Crippen LogP) is 1.76. The zero-order valence-corrected chi connectivity index (χ0v) is 10.9. The summed E-state index contributed by atoms with van der Waals surface area (Å²) in [5.41, 5.74) is 0.479. The molecule has 2 rings (SSSR count). The van der Waals surface area contributed by atoms with Crippen LogP contribution in [0.4, 0.5) is 8.78 Å². The predicted molar refractivity (Wildman–Crippen MR) is 68.7 cm³/mol. The van der Waals surface area contributed by atoms with Crippen LogP contribution in [0.1, 0.15) is 25.3 Å². The highest BCUT2D eigenvalue weighted by molar-refractivity contribution is 5.78. The Labute approximate surface area is 111 Å². The van der Waals surface area contributed by atoms with Crippen molar-refractivity contribution in [1.29, 1.82) is 0 Å². The molecule has 5 heteroatoms. The molecule has 1 saturated heterocycles. The summed E-state index contributed by atoms with van der Waals surface area (Å²) >= 11 is 0. The van der Waals surface area contributed by atoms with Gasteiger partial charge in [0.25, 0.3) is 0 Å². The lowest BCUT2D eigenvalue weighted by Crippen LogP contribution is -2.52. The maximum Gasteiger partial charge on any atom is 0.224 e. The highest BCUT2D eigenvalue weighted by Crippen LogP contribution is 2.11. The number of rotatable bonds is 3. The first-order valence-corrected chi connectivity index (χ1v) is 6.53. The maximum absolute atomic E-state index is 13.0. The average molecular weight is 268 g/mol. The fraction of sp³-hybridized carbons (Fsp3) is 0.500. The Balaban J connectivity index is 1.91. The first-order chi connectivity index (χ1) is 9.06. The SMILES string of the molecule is CC1NCCCC1NC(=O)Cc1ccc(F)c(F)c1. The lowest BCUT2D eigenvalue weighted by molar-refractivity contribution is -0.121. The second kappa shape index (κ2) is 6.10. The molecular weight excluding hydrogens is 250 g/mol. The molecule has 104 valence electrons. The Kier molecular flexibility index (Phi) is 4.47. The molecule has 1 fully saturated rings. The summed E-state index contributed by atoms with van der Waals surface area (Å²) in [4.78, 5) is 11.9. The number of carbonyl (C=O) groups is 1. The molecule has 0 saturated carbocycles. The van der Waals surface area contributed by atoms with Gasteiger partial charge < -0.3 is 10.6 Å². The molecule has 2 unspecified atom stereocenters. The van der Waals surface area contributed by atoms with Gasteiger partial charge >= 0.3 is 0 Å². The van der Waals surface area contributed by atoms with E-state index < -0.39 is 11.6 Å². The summed E-state index contributed by atoms with van der Waals surface area (Å²) < 4.78 is 25.8. The normalized spacial score (nSPS) is 23.1. The van der Waals surface area contributed by atoms with E-state index in [-0.39, 0.29) is 24.4 Å². The van der Waals surface area contributed by atoms with Crippen molar-refractivity contribution in [2.75, 3.05) is 6.54 Å². The van der Waals surface area contributed by atoms with Crippen LogP contribution in [0.2, 0.25) is 0 Å². The van der Waals surface area contributed by atoms with E-state index in [0.29, 0.717) is 5.56 Å². The van der Waals surface area contributed by atoms with E-state index in [1.807, 2.05) is 6.92 Å². The van der Waals surface area contributed by atoms with E-state index in [1.54, 1.807) is 0 Å². The average Bonchev–Trinajstić information content (AvgIpc) is 2.37. The molecule has 1 aromatic carbocycles. The highest BCUT2D eigenvalue weighted by atomic mass is 19.2. The van der Waals surface area contributed by atoms with Gasteiger partial charge in [-0.15, -0.1) is 0 Å². The number of nitrogens with one attached hydrogen (secondary N) is 2. The molecule has 0 aliphatic carbocycles. The van der Waals surface area contributed by atoms with Gasteiger partial charge in [0.1, 0.15) is 0 Å². The highest BCUT2D eigenvalue weighted by Gasteiger charge is 2.22. The number of piperidine rings is 1. The number of hydrogen-bond donors (Lipinski definition) is 2. The molecule has 1 amide bonds. The van der Waals surface area contributed by atoms with E-state index in [4.69, 9.17) is 0 Å². The van der Waals surface area contributed by atoms with Crippen molar-refractivity contribution >= 4 is 5.91 Å². The monoisotopic (exact) mass is 268 g/mol. The molecule has 0 aromatic heterocycles. The minimum Gasteiger partial charge on any atom is -0.352 e. The molecule has 1 aromatic rings. The van der Waals surface area contributed by atoms with Gasteiger partial charge in [-0.05, 0) is 44.0 Å². The number of halogens is 2. The van der Waals surface area contributed by atoms with Gasteiger partial charge in [0.2, 0.25) is 5.91 Å². The van der Waals surface area contributed by atoms with Gasteiger partial charge in [-0.3, -0.25) is 4.79 Å². The molecule has 0 radical (unpaired) electrons. The fourth-order valence-electron chi connectivity index (χ4n) is 2.33. The van der Waals surface area contributed by atoms with E-state index >= 15 is 0 Å². The Morgan fingerprint density at radius 1 is 1.42 bits per heavy atom. The first-order valence-electron chi connectivity index (χ1n) is 6.53. The third kappa shape index (κ3) is 3.73. The Morgan fingerprint density at radius 3 is 2.89 bits per heavy atom. The maximum atomic E-state index is 13.0. The molecule has 2 N–H and O–H groups in total. The van der Waals surface area contributed by atoms with Gasteiger partial charge in [-0.25, -0.2) is 8.78 Å². The number of carbonyl (C=O) groups excluding carboxylic acids is 1. The van der Waals surface area contributed by atoms with E-state index in [2.05, 4.69) is 10.6 Å². The molecule has 2 atom stereocenters. The zero-order chi connectivity index (χ0) is 13.8. The zero-order valence-electron chi connectivity index (χ0n) is 10.9. The third-order valence-electron chi connectivity index (χ3n) is 3.46. The minimum absolute atomic E-state index is 0.0699. The number of amides is 1. The summed E-state index contributed by atoms with van der Waals surface area (Å²) in [7, 11) is 0. The van der Waals surface area contributed by atoms with E-state index in [1.165, 1.54) is 6.07 Å². The van der Waals surface area contributed by atoms with E-state index in [0.717, 1.165) is 31.5 Å². The molecule has 1 heterocycles. The quantitative estimate of drug-likeness (QED) is 0.877. The number of benzene rings is 1. The molecular formula is C14H18F2N2O. The topological polar surface area (TPSA) is 41.1 Å². The Bertz CT molecular complexity index is 465. The molecule has 3 nitrogen and oxygen atoms in total. The molecule has 1 aliphatic rings. The second-order valence-electron chi connectivity index (χ2n) is 4.98. The van der Waals surface area contributed by atoms with Crippen LogP contribution in [0, 0.1) is 11.6 Å². The van der Waals surface area contributed by atoms with Crippen LogP contribution in [-0.4, -0.2) is 24.5 Å². The van der Waals surface area contributed by atoms with Crippen LogP contribution < -0.4 is 10.6 Å². The van der Waals surface area contributed by atoms with Crippen LogP contribution in [0.3, 0.4) is 0 Å². The van der Waals surface area contributed by atoms with Crippen molar-refractivity contribution in [3.63, 3.8) is 0 Å². The molecule has 19 heavy (non-hydrogen) atoms. The van der Waals surface area contributed by atoms with Gasteiger partial charge in [0, 0.05) is 12.1 Å². The van der Waals surface area contributed by atoms with Crippen LogP contribution in [0.5, 0.6) is 0 Å². The third-order valence-corrected chi connectivity index (χ3v) is 3.46. The largest absolute Gasteiger partial charge is 0.352 e. The van der Waals surface area contributed by atoms with Gasteiger partial charge in [-0.1, -0.05) is 6.07 Å². The summed E-state index contributed by atoms with van der Waals surface area (Å²) in [5, 5.41) is 6.23. The lowest BCUT2D eigenvalue weighted by atomic mass is 9.99. The molecule has 0 spiro atoms. The Morgan fingerprint density at radius 2 is 2.21 bits per heavy atom. The van der Waals surface area contributed by atoms with Crippen LogP contribution in [-0.2, 0) is 11.2 Å². The smallest absolute Gasteiger partial charge is 0.224 e. The van der Waals surface area contributed by atoms with Gasteiger partial charge in [-0.2, -0.15) is 0 Å². The summed E-state index contributed by atoms with van der Waals surface area (Å²) in [6.07, 6.45) is 2.04. The first kappa shape index (κ1) is 13.9. The van der Waals surface area contributed by atoms with Crippen molar-refractivity contribution in [2.24, 2.45) is 0 Å². The summed E-state index contributed by atoms with van der Waals surface area (Å²) in [5.74, 6) is -1.97. The second-order valence-corrected chi connectivity index (χ2v) is 4.98. The van der Waals surface area contributed by atoms with Crippen molar-refractivity contribution in [3.05, 3.63) is 35.4 Å². The minimum atomic E-state index is -0.919. The van der Waals surface area contributed by atoms with Gasteiger partial charge in [0.15, 0.2) is 11.6 Å². The van der Waals surface area contributed by atoms with E-state index in [9.17, 15) is 13.6 Å². The standard InChI is InChI=1S/C14H18F2N2O/c1-9-13(3-2-6-17-9)18-14(19)8-10-4-5-11(15)12(16)7-10/h4-5,7,9,13,17H,2-3,6,8H2,1H3,(H,18,19). The van der Waals surface area contributed by atoms with Crippen molar-refractivity contribution in [3.8, 4) is 0 Å².